The van der Waals surface area contributed by atoms with Gasteiger partial charge in [-0.2, -0.15) is 0 Å². The maximum absolute atomic E-state index is 12.8. The molecule has 0 saturated heterocycles. The monoisotopic (exact) mass is 288 g/mol. The second-order valence-corrected chi connectivity index (χ2v) is 6.84. The Hall–Kier alpha value is -1.38. The molecule has 0 aromatic carbocycles. The first-order valence-corrected chi connectivity index (χ1v) is 8.23. The van der Waals surface area contributed by atoms with E-state index in [1.54, 1.807) is 6.20 Å². The number of pyridine rings is 1. The first-order chi connectivity index (χ1) is 10.0. The van der Waals surface area contributed by atoms with Crippen molar-refractivity contribution in [2.24, 2.45) is 17.3 Å². The van der Waals surface area contributed by atoms with Gasteiger partial charge in [-0.3, -0.25) is 9.78 Å². The Labute approximate surface area is 128 Å². The van der Waals surface area contributed by atoms with E-state index in [0.717, 1.165) is 25.0 Å². The molecule has 3 heteroatoms. The molecule has 2 rings (SSSR count). The van der Waals surface area contributed by atoms with Crippen LogP contribution in [-0.2, 0) is 11.2 Å². The summed E-state index contributed by atoms with van der Waals surface area (Å²) in [6.45, 7) is 7.34. The van der Waals surface area contributed by atoms with Crippen molar-refractivity contribution in [2.45, 2.75) is 52.9 Å². The van der Waals surface area contributed by atoms with E-state index in [-0.39, 0.29) is 11.3 Å². The molecule has 1 aromatic rings. The molecule has 0 radical (unpaired) electrons. The van der Waals surface area contributed by atoms with E-state index in [1.165, 1.54) is 12.8 Å². The number of carbonyl (C=O) groups is 1. The molecule has 2 unspecified atom stereocenters. The average Bonchev–Trinajstić information content (AvgIpc) is 2.48. The van der Waals surface area contributed by atoms with E-state index in [2.05, 4.69) is 31.1 Å². The van der Waals surface area contributed by atoms with E-state index in [1.807, 2.05) is 18.2 Å². The highest BCUT2D eigenvalue weighted by atomic mass is 16.2. The lowest BCUT2D eigenvalue weighted by molar-refractivity contribution is -0.137. The highest BCUT2D eigenvalue weighted by Gasteiger charge is 2.43. The van der Waals surface area contributed by atoms with Crippen molar-refractivity contribution in [3.05, 3.63) is 30.1 Å². The molecule has 1 heterocycles. The second-order valence-electron chi connectivity index (χ2n) is 6.84. The summed E-state index contributed by atoms with van der Waals surface area (Å²) < 4.78 is 0. The minimum absolute atomic E-state index is 0.165. The van der Waals surface area contributed by atoms with Gasteiger partial charge >= 0.3 is 0 Å². The van der Waals surface area contributed by atoms with Gasteiger partial charge in [-0.05, 0) is 36.8 Å². The van der Waals surface area contributed by atoms with Crippen LogP contribution in [0.4, 0.5) is 0 Å². The summed E-state index contributed by atoms with van der Waals surface area (Å²) in [5.41, 5.74) is 0.871. The molecule has 0 aliphatic heterocycles. The van der Waals surface area contributed by atoms with E-state index in [4.69, 9.17) is 0 Å². The third-order valence-electron chi connectivity index (χ3n) is 4.98. The highest BCUT2D eigenvalue weighted by molar-refractivity contribution is 5.83. The SMILES string of the molecule is CC1CCCC(C(=O)NCCc2ccccn2)(C(C)C)C1. The molecule has 0 bridgehead atoms. The van der Waals surface area contributed by atoms with E-state index < -0.39 is 0 Å². The third-order valence-corrected chi connectivity index (χ3v) is 4.98. The van der Waals surface area contributed by atoms with Gasteiger partial charge < -0.3 is 5.32 Å². The van der Waals surface area contributed by atoms with Gasteiger partial charge in [-0.15, -0.1) is 0 Å². The highest BCUT2D eigenvalue weighted by Crippen LogP contribution is 2.44. The Kier molecular flexibility index (Phi) is 5.38. The Balaban J connectivity index is 1.93. The van der Waals surface area contributed by atoms with Crippen molar-refractivity contribution >= 4 is 5.91 Å². The van der Waals surface area contributed by atoms with Crippen LogP contribution < -0.4 is 5.32 Å². The molecule has 1 aromatic heterocycles. The summed E-state index contributed by atoms with van der Waals surface area (Å²) in [4.78, 5) is 17.1. The fourth-order valence-corrected chi connectivity index (χ4v) is 3.61. The Morgan fingerprint density at radius 3 is 2.90 bits per heavy atom. The molecule has 1 fully saturated rings. The van der Waals surface area contributed by atoms with Gasteiger partial charge in [0.2, 0.25) is 5.91 Å². The van der Waals surface area contributed by atoms with Gasteiger partial charge in [-0.25, -0.2) is 0 Å². The van der Waals surface area contributed by atoms with Crippen LogP contribution in [0.2, 0.25) is 0 Å². The Morgan fingerprint density at radius 2 is 2.29 bits per heavy atom. The zero-order chi connectivity index (χ0) is 15.3. The molecule has 3 nitrogen and oxygen atoms in total. The van der Waals surface area contributed by atoms with Crippen molar-refractivity contribution in [3.8, 4) is 0 Å². The lowest BCUT2D eigenvalue weighted by Crippen LogP contribution is -2.47. The van der Waals surface area contributed by atoms with Crippen LogP contribution in [0.1, 0.15) is 52.1 Å². The maximum Gasteiger partial charge on any atom is 0.226 e. The minimum Gasteiger partial charge on any atom is -0.355 e. The number of aromatic nitrogens is 1. The quantitative estimate of drug-likeness (QED) is 0.899. The Morgan fingerprint density at radius 1 is 1.48 bits per heavy atom. The maximum atomic E-state index is 12.8. The number of amides is 1. The standard InChI is InChI=1S/C18H28N2O/c1-14(2)18(10-6-7-15(3)13-18)17(21)20-12-9-16-8-4-5-11-19-16/h4-5,8,11,14-15H,6-7,9-10,12-13H2,1-3H3,(H,20,21). The number of carbonyl (C=O) groups excluding carboxylic acids is 1. The molecule has 1 aliphatic carbocycles. The second kappa shape index (κ2) is 7.06. The summed E-state index contributed by atoms with van der Waals surface area (Å²) >= 11 is 0. The van der Waals surface area contributed by atoms with E-state index in [0.29, 0.717) is 18.4 Å². The van der Waals surface area contributed by atoms with Crippen LogP contribution in [0.25, 0.3) is 0 Å². The Bertz CT molecular complexity index is 458. The van der Waals surface area contributed by atoms with Crippen LogP contribution >= 0.6 is 0 Å². The van der Waals surface area contributed by atoms with Crippen molar-refractivity contribution < 1.29 is 4.79 Å². The third kappa shape index (κ3) is 3.84. The number of nitrogens with zero attached hydrogens (tertiary/aromatic N) is 1. The molecule has 2 atom stereocenters. The summed E-state index contributed by atoms with van der Waals surface area (Å²) in [5.74, 6) is 1.30. The van der Waals surface area contributed by atoms with Crippen molar-refractivity contribution in [2.75, 3.05) is 6.54 Å². The first kappa shape index (κ1) is 16.0. The molecule has 1 aliphatic rings. The fraction of sp³-hybridized carbons (Fsp3) is 0.667. The number of hydrogen-bond acceptors (Lipinski definition) is 2. The topological polar surface area (TPSA) is 42.0 Å². The summed E-state index contributed by atoms with van der Waals surface area (Å²) in [7, 11) is 0. The molecular weight excluding hydrogens is 260 g/mol. The zero-order valence-electron chi connectivity index (χ0n) is 13.6. The van der Waals surface area contributed by atoms with E-state index in [9.17, 15) is 4.79 Å². The van der Waals surface area contributed by atoms with Crippen molar-refractivity contribution in [1.29, 1.82) is 0 Å². The lowest BCUT2D eigenvalue weighted by atomic mass is 9.63. The zero-order valence-corrected chi connectivity index (χ0v) is 13.6. The summed E-state index contributed by atoms with van der Waals surface area (Å²) in [6, 6.07) is 5.91. The van der Waals surface area contributed by atoms with Crippen molar-refractivity contribution in [3.63, 3.8) is 0 Å². The number of hydrogen-bond donors (Lipinski definition) is 1. The molecule has 1 saturated carbocycles. The van der Waals surface area contributed by atoms with Gasteiger partial charge in [0.25, 0.3) is 0 Å². The summed E-state index contributed by atoms with van der Waals surface area (Å²) in [5, 5.41) is 3.16. The number of rotatable bonds is 5. The smallest absolute Gasteiger partial charge is 0.226 e. The van der Waals surface area contributed by atoms with Gasteiger partial charge in [0.05, 0.1) is 5.41 Å². The fourth-order valence-electron chi connectivity index (χ4n) is 3.61. The van der Waals surface area contributed by atoms with Gasteiger partial charge in [-0.1, -0.05) is 39.7 Å². The summed E-state index contributed by atoms with van der Waals surface area (Å²) in [6.07, 6.45) is 7.10. The first-order valence-electron chi connectivity index (χ1n) is 8.23. The van der Waals surface area contributed by atoms with E-state index >= 15 is 0 Å². The van der Waals surface area contributed by atoms with Gasteiger partial charge in [0, 0.05) is 24.9 Å². The molecule has 1 N–H and O–H groups in total. The average molecular weight is 288 g/mol. The van der Waals surface area contributed by atoms with Crippen LogP contribution in [0.15, 0.2) is 24.4 Å². The van der Waals surface area contributed by atoms with Gasteiger partial charge in [0.1, 0.15) is 0 Å². The molecule has 21 heavy (non-hydrogen) atoms. The predicted octanol–water partition coefficient (Wildman–Crippen LogP) is 3.59. The normalized spacial score (nSPS) is 25.8. The lowest BCUT2D eigenvalue weighted by Gasteiger charge is -2.42. The molecule has 1 amide bonds. The van der Waals surface area contributed by atoms with Crippen molar-refractivity contribution in [1.82, 2.24) is 10.3 Å². The number of nitrogens with one attached hydrogen (secondary N) is 1. The minimum atomic E-state index is -0.165. The molecule has 116 valence electrons. The molecule has 0 spiro atoms. The largest absolute Gasteiger partial charge is 0.355 e. The molecular formula is C18H28N2O. The predicted molar refractivity (Wildman–Crippen MR) is 85.9 cm³/mol. The van der Waals surface area contributed by atoms with Crippen LogP contribution in [0.3, 0.4) is 0 Å². The van der Waals surface area contributed by atoms with Crippen LogP contribution in [-0.4, -0.2) is 17.4 Å². The van der Waals surface area contributed by atoms with Crippen LogP contribution in [0.5, 0.6) is 0 Å². The van der Waals surface area contributed by atoms with Crippen LogP contribution in [0, 0.1) is 17.3 Å². The van der Waals surface area contributed by atoms with Gasteiger partial charge in [0.15, 0.2) is 0 Å².